The summed E-state index contributed by atoms with van der Waals surface area (Å²) in [7, 11) is 0. The molecule has 7 heteroatoms. The van der Waals surface area contributed by atoms with E-state index in [2.05, 4.69) is 6.07 Å². The number of fused-ring (bicyclic) bond motifs is 3. The number of carbonyl (C=O) groups excluding carboxylic acids is 2. The van der Waals surface area contributed by atoms with Crippen molar-refractivity contribution in [3.8, 4) is 6.07 Å². The summed E-state index contributed by atoms with van der Waals surface area (Å²) in [5, 5.41) is 10.3. The van der Waals surface area contributed by atoms with Gasteiger partial charge < -0.3 is 10.6 Å². The molecule has 2 aromatic rings. The van der Waals surface area contributed by atoms with Crippen LogP contribution in [-0.4, -0.2) is 18.2 Å². The van der Waals surface area contributed by atoms with Crippen molar-refractivity contribution in [3.05, 3.63) is 82.6 Å². The third-order valence-electron chi connectivity index (χ3n) is 6.72. The number of ketones is 1. The van der Waals surface area contributed by atoms with Gasteiger partial charge in [-0.3, -0.25) is 14.5 Å². The molecule has 33 heavy (non-hydrogen) atoms. The molecule has 0 saturated heterocycles. The minimum absolute atomic E-state index is 0.0162. The zero-order valence-corrected chi connectivity index (χ0v) is 18.3. The largest absolute Gasteiger partial charge is 0.384 e. The third-order valence-corrected chi connectivity index (χ3v) is 6.72. The summed E-state index contributed by atoms with van der Waals surface area (Å²) in [4.78, 5) is 30.8. The van der Waals surface area contributed by atoms with Crippen LogP contribution in [0.5, 0.6) is 0 Å². The maximum Gasteiger partial charge on any atom is 0.247 e. The van der Waals surface area contributed by atoms with Gasteiger partial charge in [-0.15, -0.1) is 0 Å². The van der Waals surface area contributed by atoms with Gasteiger partial charge in [0.15, 0.2) is 5.78 Å². The third kappa shape index (κ3) is 2.64. The number of rotatable bonds is 3. The van der Waals surface area contributed by atoms with Gasteiger partial charge >= 0.3 is 0 Å². The molecule has 5 rings (SSSR count). The summed E-state index contributed by atoms with van der Waals surface area (Å²) in [5.74, 6) is -1.10. The first-order valence-electron chi connectivity index (χ1n) is 11.1. The molecule has 0 radical (unpaired) electrons. The number of hydrogen-bond donors (Lipinski definition) is 1. The Bertz CT molecular complexity index is 1310. The summed E-state index contributed by atoms with van der Waals surface area (Å²) in [5.41, 5.74) is 7.09. The molecule has 0 bridgehead atoms. The van der Waals surface area contributed by atoms with Crippen molar-refractivity contribution in [2.75, 3.05) is 16.3 Å². The van der Waals surface area contributed by atoms with Gasteiger partial charge in [-0.2, -0.15) is 5.26 Å². The number of anilines is 2. The SMILES string of the molecule is CCCN1C(=O)C2(C(C#N)=C(N)N(c3ccccc3F)C3=C2C(=O)CCC3)c2ccccc21. The molecule has 1 atom stereocenters. The molecule has 0 saturated carbocycles. The number of nitrogens with zero attached hydrogens (tertiary/aromatic N) is 3. The molecule has 6 nitrogen and oxygen atoms in total. The Kier molecular flexibility index (Phi) is 4.82. The molecule has 1 aliphatic carbocycles. The first kappa shape index (κ1) is 21.0. The normalized spacial score (nSPS) is 22.1. The van der Waals surface area contributed by atoms with Crippen molar-refractivity contribution in [1.29, 1.82) is 5.26 Å². The zero-order chi connectivity index (χ0) is 23.3. The Morgan fingerprint density at radius 2 is 1.79 bits per heavy atom. The predicted octanol–water partition coefficient (Wildman–Crippen LogP) is 4.04. The fourth-order valence-corrected chi connectivity index (χ4v) is 5.48. The van der Waals surface area contributed by atoms with Gasteiger partial charge in [0.2, 0.25) is 5.91 Å². The van der Waals surface area contributed by atoms with Crippen molar-refractivity contribution < 1.29 is 14.0 Å². The average molecular weight is 442 g/mol. The monoisotopic (exact) mass is 442 g/mol. The second-order valence-corrected chi connectivity index (χ2v) is 8.48. The second kappa shape index (κ2) is 7.59. The van der Waals surface area contributed by atoms with Crippen LogP contribution in [0, 0.1) is 17.1 Å². The predicted molar refractivity (Wildman–Crippen MR) is 122 cm³/mol. The van der Waals surface area contributed by atoms with Gasteiger partial charge in [0.1, 0.15) is 23.1 Å². The number of benzene rings is 2. The molecule has 1 spiro atoms. The lowest BCUT2D eigenvalue weighted by molar-refractivity contribution is -0.124. The quantitative estimate of drug-likeness (QED) is 0.775. The van der Waals surface area contributed by atoms with Crippen molar-refractivity contribution in [2.24, 2.45) is 5.73 Å². The van der Waals surface area contributed by atoms with E-state index < -0.39 is 11.2 Å². The molecule has 2 aliphatic heterocycles. The van der Waals surface area contributed by atoms with E-state index in [0.29, 0.717) is 42.8 Å². The summed E-state index contributed by atoms with van der Waals surface area (Å²) in [6, 6.07) is 15.5. The van der Waals surface area contributed by atoms with Crippen molar-refractivity contribution in [3.63, 3.8) is 0 Å². The summed E-state index contributed by atoms with van der Waals surface area (Å²) in [6.07, 6.45) is 1.97. The number of halogens is 1. The van der Waals surface area contributed by atoms with Crippen molar-refractivity contribution >= 4 is 23.1 Å². The Labute approximate surface area is 191 Å². The zero-order valence-electron chi connectivity index (χ0n) is 18.3. The van der Waals surface area contributed by atoms with E-state index >= 15 is 0 Å². The topological polar surface area (TPSA) is 90.4 Å². The standard InChI is InChI=1S/C26H23FN4O2/c1-2-14-30-19-10-5-3-8-16(19)26(25(30)33)17(15-28)24(29)31(20-11-6-4-9-18(20)27)21-12-7-13-22(32)23(21)26/h3-6,8-11H,2,7,12-14,29H2,1H3. The van der Waals surface area contributed by atoms with Gasteiger partial charge in [-0.05, 0) is 37.5 Å². The molecule has 0 fully saturated rings. The highest BCUT2D eigenvalue weighted by atomic mass is 19.1. The van der Waals surface area contributed by atoms with Gasteiger partial charge in [-0.1, -0.05) is 37.3 Å². The molecule has 1 unspecified atom stereocenters. The maximum atomic E-state index is 14.9. The van der Waals surface area contributed by atoms with Crippen molar-refractivity contribution in [1.82, 2.24) is 0 Å². The van der Waals surface area contributed by atoms with E-state index in [1.165, 1.54) is 11.0 Å². The van der Waals surface area contributed by atoms with E-state index in [4.69, 9.17) is 5.73 Å². The lowest BCUT2D eigenvalue weighted by Crippen LogP contribution is -2.52. The van der Waals surface area contributed by atoms with E-state index in [9.17, 15) is 19.2 Å². The number of allylic oxidation sites excluding steroid dienone is 1. The number of nitriles is 1. The van der Waals surface area contributed by atoms with E-state index in [-0.39, 0.29) is 40.8 Å². The number of para-hydroxylation sites is 2. The van der Waals surface area contributed by atoms with Crippen molar-refractivity contribution in [2.45, 2.75) is 38.0 Å². The van der Waals surface area contributed by atoms with Crippen LogP contribution in [0.1, 0.15) is 38.2 Å². The number of Topliss-reactive ketones (excluding diaryl/α,β-unsaturated/α-hetero) is 1. The highest BCUT2D eigenvalue weighted by Gasteiger charge is 2.62. The smallest absolute Gasteiger partial charge is 0.247 e. The van der Waals surface area contributed by atoms with Gasteiger partial charge in [-0.25, -0.2) is 4.39 Å². The van der Waals surface area contributed by atoms with Gasteiger partial charge in [0.25, 0.3) is 0 Å². The maximum absolute atomic E-state index is 14.9. The first-order chi connectivity index (χ1) is 16.0. The van der Waals surface area contributed by atoms with Crippen LogP contribution in [0.15, 0.2) is 71.2 Å². The summed E-state index contributed by atoms with van der Waals surface area (Å²) < 4.78 is 14.9. The molecular weight excluding hydrogens is 419 g/mol. The molecule has 1 amide bonds. The van der Waals surface area contributed by atoms with Crippen LogP contribution >= 0.6 is 0 Å². The Hall–Kier alpha value is -3.92. The Balaban J connectivity index is 1.89. The summed E-state index contributed by atoms with van der Waals surface area (Å²) >= 11 is 0. The number of carbonyl (C=O) groups is 2. The van der Waals surface area contributed by atoms with E-state index in [0.717, 1.165) is 0 Å². The van der Waals surface area contributed by atoms with Crippen LogP contribution < -0.4 is 15.5 Å². The van der Waals surface area contributed by atoms with Gasteiger partial charge in [0, 0.05) is 35.5 Å². The van der Waals surface area contributed by atoms with E-state index in [1.807, 2.05) is 19.1 Å². The molecule has 0 aromatic heterocycles. The molecule has 2 heterocycles. The lowest BCUT2D eigenvalue weighted by atomic mass is 9.63. The molecule has 166 valence electrons. The van der Waals surface area contributed by atoms with Gasteiger partial charge in [0.05, 0.1) is 11.3 Å². The Morgan fingerprint density at radius 3 is 2.48 bits per heavy atom. The fourth-order valence-electron chi connectivity index (χ4n) is 5.48. The molecule has 2 N–H and O–H groups in total. The number of nitrogens with two attached hydrogens (primary N) is 1. The highest BCUT2D eigenvalue weighted by Crippen LogP contribution is 2.56. The molecular formula is C26H23FN4O2. The minimum Gasteiger partial charge on any atom is -0.384 e. The van der Waals surface area contributed by atoms with Crippen LogP contribution in [-0.2, 0) is 15.0 Å². The molecule has 3 aliphatic rings. The van der Waals surface area contributed by atoms with Crippen LogP contribution in [0.3, 0.4) is 0 Å². The van der Waals surface area contributed by atoms with E-state index in [1.54, 1.807) is 35.2 Å². The number of amides is 1. The fraction of sp³-hybridized carbons (Fsp3) is 0.269. The summed E-state index contributed by atoms with van der Waals surface area (Å²) in [6.45, 7) is 2.41. The highest BCUT2D eigenvalue weighted by molar-refractivity contribution is 6.20. The first-order valence-corrected chi connectivity index (χ1v) is 11.1. The lowest BCUT2D eigenvalue weighted by Gasteiger charge is -2.43. The average Bonchev–Trinajstić information content (AvgIpc) is 3.05. The van der Waals surface area contributed by atoms with Crippen LogP contribution in [0.4, 0.5) is 15.8 Å². The molecule has 2 aromatic carbocycles. The van der Waals surface area contributed by atoms with Crippen LogP contribution in [0.25, 0.3) is 0 Å². The number of hydrogen-bond acceptors (Lipinski definition) is 5. The Morgan fingerprint density at radius 1 is 1.09 bits per heavy atom. The second-order valence-electron chi connectivity index (χ2n) is 8.48. The van der Waals surface area contributed by atoms with Crippen LogP contribution in [0.2, 0.25) is 0 Å². The minimum atomic E-state index is -1.61.